The van der Waals surface area contributed by atoms with Gasteiger partial charge in [0.2, 0.25) is 0 Å². The Morgan fingerprint density at radius 3 is 2.66 bits per heavy atom. The molecule has 4 rings (SSSR count). The molecule has 1 radical (unpaired) electrons. The van der Waals surface area contributed by atoms with E-state index in [2.05, 4.69) is 10.3 Å². The fourth-order valence-corrected chi connectivity index (χ4v) is 4.99. The van der Waals surface area contributed by atoms with E-state index in [1.807, 2.05) is 22.9 Å². The molecule has 0 unspecified atom stereocenters. The van der Waals surface area contributed by atoms with E-state index in [9.17, 15) is 23.3 Å². The molecular weight excluding hydrogens is 477 g/mol. The maximum atomic E-state index is 12.9. The molecule has 0 saturated heterocycles. The molecule has 2 amide bonds. The molecule has 0 atom stereocenters. The van der Waals surface area contributed by atoms with Gasteiger partial charge in [-0.1, -0.05) is 12.1 Å². The number of amides is 2. The molecule has 11 heteroatoms. The summed E-state index contributed by atoms with van der Waals surface area (Å²) in [7, 11) is -4.23. The molecule has 9 nitrogen and oxygen atoms in total. The van der Waals surface area contributed by atoms with Crippen LogP contribution in [0.15, 0.2) is 58.5 Å². The summed E-state index contributed by atoms with van der Waals surface area (Å²) in [6.07, 6.45) is 5.25. The summed E-state index contributed by atoms with van der Waals surface area (Å²) in [6, 6.07) is 10.3. The number of carbonyl (C=O) groups is 1. The average Bonchev–Trinajstić information content (AvgIpc) is 3.28. The number of fused-ring (bicyclic) bond motifs is 1. The summed E-state index contributed by atoms with van der Waals surface area (Å²) < 4.78 is 29.0. The minimum Gasteiger partial charge on any atom is -0.312 e. The van der Waals surface area contributed by atoms with Crippen LogP contribution in [0.2, 0.25) is 0 Å². The van der Waals surface area contributed by atoms with Gasteiger partial charge in [-0.2, -0.15) is 5.26 Å². The second kappa shape index (κ2) is 10.7. The van der Waals surface area contributed by atoms with Crippen LogP contribution >= 0.6 is 0 Å². The largest absolute Gasteiger partial charge is 0.333 e. The Morgan fingerprint density at radius 2 is 1.94 bits per heavy atom. The molecule has 1 aromatic carbocycles. The minimum absolute atomic E-state index is 0. The number of hydrogen-bond donors (Lipinski definition) is 2. The summed E-state index contributed by atoms with van der Waals surface area (Å²) in [5.74, 6) is 0. The summed E-state index contributed by atoms with van der Waals surface area (Å²) in [5, 5.41) is 11.9. The molecule has 0 aliphatic heterocycles. The van der Waals surface area contributed by atoms with Gasteiger partial charge in [0.15, 0.2) is 0 Å². The van der Waals surface area contributed by atoms with Gasteiger partial charge in [-0.15, -0.1) is 0 Å². The number of benzene rings is 1. The van der Waals surface area contributed by atoms with Gasteiger partial charge in [0.1, 0.15) is 16.7 Å². The summed E-state index contributed by atoms with van der Waals surface area (Å²) in [6.45, 7) is 3.51. The van der Waals surface area contributed by atoms with E-state index in [-0.39, 0.29) is 51.7 Å². The number of sulfonamides is 1. The first-order chi connectivity index (χ1) is 16.2. The zero-order valence-electron chi connectivity index (χ0n) is 19.7. The Bertz CT molecular complexity index is 1490. The molecule has 3 aromatic rings. The van der Waals surface area contributed by atoms with Crippen molar-refractivity contribution in [2.45, 2.75) is 44.0 Å². The van der Waals surface area contributed by atoms with Crippen LogP contribution in [0.3, 0.4) is 0 Å². The average molecular weight is 501 g/mol. The van der Waals surface area contributed by atoms with Crippen molar-refractivity contribution in [1.29, 1.82) is 5.26 Å². The van der Waals surface area contributed by atoms with Crippen molar-refractivity contribution in [2.75, 3.05) is 5.32 Å². The minimum atomic E-state index is -4.23. The van der Waals surface area contributed by atoms with Gasteiger partial charge in [0.05, 0.1) is 5.69 Å². The Kier molecular flexibility index (Phi) is 8.18. The van der Waals surface area contributed by atoms with Crippen molar-refractivity contribution < 1.29 is 13.2 Å². The predicted molar refractivity (Wildman–Crippen MR) is 133 cm³/mol. The fourth-order valence-electron chi connectivity index (χ4n) is 4.07. The van der Waals surface area contributed by atoms with Gasteiger partial charge in [-0.3, -0.25) is 4.79 Å². The number of hydrogen-bond acceptors (Lipinski definition) is 6. The van der Waals surface area contributed by atoms with Crippen molar-refractivity contribution in [2.24, 2.45) is 0 Å². The maximum absolute atomic E-state index is 12.9. The van der Waals surface area contributed by atoms with Crippen LogP contribution in [0, 0.1) is 11.3 Å². The number of pyridine rings is 2. The van der Waals surface area contributed by atoms with E-state index in [4.69, 9.17) is 0 Å². The third-order valence-corrected chi connectivity index (χ3v) is 7.03. The van der Waals surface area contributed by atoms with E-state index in [0.29, 0.717) is 16.8 Å². The first-order valence-electron chi connectivity index (χ1n) is 10.8. The SMILES string of the molecule is CC(C)n1cc(S(=O)(=O)NC(=O)Nc2c(-c3ccnc(C#N)c3)ccc3c2CCC3)ccc1=O.[Na]. The van der Waals surface area contributed by atoms with Crippen molar-refractivity contribution >= 4 is 51.3 Å². The summed E-state index contributed by atoms with van der Waals surface area (Å²) in [5.41, 5.74) is 3.77. The molecular formula is C24H23N5NaO4S. The van der Waals surface area contributed by atoms with Gasteiger partial charge < -0.3 is 9.88 Å². The molecule has 1 aliphatic rings. The number of aromatic nitrogens is 2. The molecule has 2 heterocycles. The van der Waals surface area contributed by atoms with Crippen LogP contribution in [-0.4, -0.2) is 53.6 Å². The second-order valence-electron chi connectivity index (χ2n) is 8.28. The molecule has 1 aliphatic carbocycles. The van der Waals surface area contributed by atoms with Gasteiger partial charge in [-0.05, 0) is 68.0 Å². The first kappa shape index (κ1) is 26.6. The number of carbonyl (C=O) groups excluding carboxylic acids is 1. The summed E-state index contributed by atoms with van der Waals surface area (Å²) >= 11 is 0. The van der Waals surface area contributed by atoms with Crippen molar-refractivity contribution in [3.05, 3.63) is 76.0 Å². The Hall–Kier alpha value is -2.97. The van der Waals surface area contributed by atoms with Crippen LogP contribution in [-0.2, 0) is 22.9 Å². The summed E-state index contributed by atoms with van der Waals surface area (Å²) in [4.78, 5) is 28.6. The van der Waals surface area contributed by atoms with E-state index in [0.717, 1.165) is 36.5 Å². The number of aryl methyl sites for hydroxylation is 1. The van der Waals surface area contributed by atoms with E-state index >= 15 is 0 Å². The molecule has 0 saturated carbocycles. The van der Waals surface area contributed by atoms with Crippen LogP contribution in [0.5, 0.6) is 0 Å². The standard InChI is InChI=1S/C24H23N5O4S.Na/c1-15(2)29-14-19(7-9-22(29)30)34(32,33)28-24(31)27-23-20-5-3-4-16(20)6-8-21(23)17-10-11-26-18(12-17)13-25;/h6-12,14-15H,3-5H2,1-2H3,(H2,27,28,31);. The predicted octanol–water partition coefficient (Wildman–Crippen LogP) is 2.98. The monoisotopic (exact) mass is 500 g/mol. The van der Waals surface area contributed by atoms with E-state index in [1.54, 1.807) is 26.0 Å². The molecule has 0 bridgehead atoms. The Morgan fingerprint density at radius 1 is 1.17 bits per heavy atom. The van der Waals surface area contributed by atoms with Crippen LogP contribution in [0.4, 0.5) is 10.5 Å². The van der Waals surface area contributed by atoms with Gasteiger partial charge in [0, 0.05) is 59.6 Å². The van der Waals surface area contributed by atoms with Crippen LogP contribution in [0.25, 0.3) is 11.1 Å². The molecule has 0 spiro atoms. The number of nitrogens with one attached hydrogen (secondary N) is 2. The zero-order chi connectivity index (χ0) is 24.5. The fraction of sp³-hybridized carbons (Fsp3) is 0.250. The van der Waals surface area contributed by atoms with Crippen LogP contribution in [0.1, 0.15) is 43.1 Å². The number of urea groups is 1. The van der Waals surface area contributed by atoms with Gasteiger partial charge >= 0.3 is 6.03 Å². The molecule has 175 valence electrons. The number of anilines is 1. The molecule has 35 heavy (non-hydrogen) atoms. The first-order valence-corrected chi connectivity index (χ1v) is 12.2. The Balaban J connectivity index is 0.00000342. The zero-order valence-corrected chi connectivity index (χ0v) is 22.5. The third-order valence-electron chi connectivity index (χ3n) is 5.71. The molecule has 0 fully saturated rings. The van der Waals surface area contributed by atoms with Crippen molar-refractivity contribution in [3.8, 4) is 17.2 Å². The maximum Gasteiger partial charge on any atom is 0.333 e. The van der Waals surface area contributed by atoms with Crippen LogP contribution < -0.4 is 15.6 Å². The van der Waals surface area contributed by atoms with Crippen molar-refractivity contribution in [3.63, 3.8) is 0 Å². The third kappa shape index (κ3) is 5.65. The van der Waals surface area contributed by atoms with E-state index in [1.165, 1.54) is 23.0 Å². The normalized spacial score (nSPS) is 12.4. The van der Waals surface area contributed by atoms with Gasteiger partial charge in [0.25, 0.3) is 15.6 Å². The molecule has 2 N–H and O–H groups in total. The second-order valence-corrected chi connectivity index (χ2v) is 9.97. The number of nitrogens with zero attached hydrogens (tertiary/aromatic N) is 3. The van der Waals surface area contributed by atoms with Crippen molar-refractivity contribution in [1.82, 2.24) is 14.3 Å². The van der Waals surface area contributed by atoms with E-state index < -0.39 is 16.1 Å². The quantitative estimate of drug-likeness (QED) is 0.518. The topological polar surface area (TPSA) is 134 Å². The van der Waals surface area contributed by atoms with Gasteiger partial charge in [-0.25, -0.2) is 22.9 Å². The number of nitriles is 1. The number of rotatable bonds is 5. The Labute approximate surface area is 225 Å². The molecule has 2 aromatic heterocycles. The smallest absolute Gasteiger partial charge is 0.312 e.